The van der Waals surface area contributed by atoms with Crippen LogP contribution in [0, 0.1) is 0 Å². The zero-order chi connectivity index (χ0) is 30.4. The van der Waals surface area contributed by atoms with Crippen molar-refractivity contribution in [1.82, 2.24) is 0 Å². The highest BCUT2D eigenvalue weighted by molar-refractivity contribution is 6.01. The van der Waals surface area contributed by atoms with Crippen molar-refractivity contribution in [3.63, 3.8) is 0 Å². The van der Waals surface area contributed by atoms with Gasteiger partial charge in [-0.15, -0.1) is 5.11 Å². The lowest BCUT2D eigenvalue weighted by atomic mass is 10.1. The number of hydrogen-bond acceptors (Lipinski definition) is 6. The second-order valence-electron chi connectivity index (χ2n) is 10.4. The normalized spacial score (nSPS) is 11.7. The number of fused-ring (bicyclic) bond motifs is 1. The molecule has 222 valence electrons. The Morgan fingerprint density at radius 3 is 1.57 bits per heavy atom. The first kappa shape index (κ1) is 30.4. The van der Waals surface area contributed by atoms with E-state index >= 15 is 0 Å². The fourth-order valence-corrected chi connectivity index (χ4v) is 4.45. The SMILES string of the molecule is CCCCOc1ccc(/C=N/c2ccc(/N=N/c3ccc(/N=C/c4ccc(OCCCC)cc4)c4ccccc34)cc2)cc1. The molecule has 0 heterocycles. The van der Waals surface area contributed by atoms with Crippen LogP contribution < -0.4 is 9.47 Å². The Bertz CT molecular complexity index is 1710. The molecule has 0 aliphatic carbocycles. The zero-order valence-electron chi connectivity index (χ0n) is 25.4. The summed E-state index contributed by atoms with van der Waals surface area (Å²) in [5.74, 6) is 1.77. The van der Waals surface area contributed by atoms with Gasteiger partial charge in [0.15, 0.2) is 0 Å². The van der Waals surface area contributed by atoms with Crippen molar-refractivity contribution in [3.8, 4) is 11.5 Å². The lowest BCUT2D eigenvalue weighted by molar-refractivity contribution is 0.309. The predicted molar refractivity (Wildman–Crippen MR) is 183 cm³/mol. The molecule has 0 saturated carbocycles. The Kier molecular flexibility index (Phi) is 11.0. The number of benzene rings is 5. The standard InChI is InChI=1S/C38H38N4O2/c1-3-5-25-43-33-19-11-29(12-20-33)27-39-31-15-17-32(18-16-31)41-42-38-24-23-37(35-9-7-8-10-36(35)38)40-28-30-13-21-34(22-14-30)44-26-6-4-2/h7-24,27-28H,3-6,25-26H2,1-2H3/b39-27+,40-28+,42-41+. The molecule has 0 spiro atoms. The van der Waals surface area contributed by atoms with Gasteiger partial charge in [0.05, 0.1) is 36.0 Å². The number of unbranched alkanes of at least 4 members (excludes halogenated alkanes) is 2. The minimum Gasteiger partial charge on any atom is -0.494 e. The van der Waals surface area contributed by atoms with E-state index in [9.17, 15) is 0 Å². The molecule has 0 atom stereocenters. The molecule has 0 N–H and O–H groups in total. The van der Waals surface area contributed by atoms with Crippen molar-refractivity contribution < 1.29 is 9.47 Å². The van der Waals surface area contributed by atoms with E-state index in [0.717, 1.165) is 95.0 Å². The van der Waals surface area contributed by atoms with E-state index in [1.54, 1.807) is 0 Å². The van der Waals surface area contributed by atoms with E-state index in [1.165, 1.54) is 0 Å². The molecule has 0 aliphatic rings. The topological polar surface area (TPSA) is 67.9 Å². The van der Waals surface area contributed by atoms with E-state index < -0.39 is 0 Å². The van der Waals surface area contributed by atoms with Crippen LogP contribution in [0.1, 0.15) is 50.7 Å². The molecule has 5 aromatic carbocycles. The van der Waals surface area contributed by atoms with Gasteiger partial charge in [-0.25, -0.2) is 0 Å². The van der Waals surface area contributed by atoms with Crippen LogP contribution in [0.2, 0.25) is 0 Å². The van der Waals surface area contributed by atoms with Crippen molar-refractivity contribution >= 4 is 46.0 Å². The van der Waals surface area contributed by atoms with Crippen LogP contribution in [0.4, 0.5) is 22.7 Å². The van der Waals surface area contributed by atoms with Gasteiger partial charge in [0.25, 0.3) is 0 Å². The van der Waals surface area contributed by atoms with Crippen LogP contribution in [0.3, 0.4) is 0 Å². The molecule has 0 unspecified atom stereocenters. The van der Waals surface area contributed by atoms with Gasteiger partial charge in [-0.2, -0.15) is 5.11 Å². The summed E-state index contributed by atoms with van der Waals surface area (Å²) < 4.78 is 11.5. The maximum Gasteiger partial charge on any atom is 0.119 e. The average Bonchev–Trinajstić information content (AvgIpc) is 3.07. The highest BCUT2D eigenvalue weighted by Crippen LogP contribution is 2.34. The molecule has 0 bridgehead atoms. The number of azo groups is 1. The second kappa shape index (κ2) is 15.9. The van der Waals surface area contributed by atoms with Gasteiger partial charge in [0.1, 0.15) is 11.5 Å². The molecule has 0 amide bonds. The molecular weight excluding hydrogens is 544 g/mol. The monoisotopic (exact) mass is 582 g/mol. The average molecular weight is 583 g/mol. The second-order valence-corrected chi connectivity index (χ2v) is 10.4. The first-order chi connectivity index (χ1) is 21.7. The van der Waals surface area contributed by atoms with Crippen LogP contribution in [0.15, 0.2) is 129 Å². The molecule has 5 aromatic rings. The summed E-state index contributed by atoms with van der Waals surface area (Å²) in [6.07, 6.45) is 8.08. The molecule has 0 radical (unpaired) electrons. The van der Waals surface area contributed by atoms with Gasteiger partial charge >= 0.3 is 0 Å². The van der Waals surface area contributed by atoms with Crippen molar-refractivity contribution in [3.05, 3.63) is 120 Å². The van der Waals surface area contributed by atoms with Crippen molar-refractivity contribution in [2.75, 3.05) is 13.2 Å². The third-order valence-corrected chi connectivity index (χ3v) is 7.01. The number of rotatable bonds is 14. The number of aliphatic imine (C=N–C) groups is 2. The summed E-state index contributed by atoms with van der Waals surface area (Å²) in [6, 6.07) is 35.8. The fraction of sp³-hybridized carbons (Fsp3) is 0.211. The lowest BCUT2D eigenvalue weighted by Crippen LogP contribution is -1.96. The Balaban J connectivity index is 1.23. The molecular formula is C38H38N4O2. The maximum atomic E-state index is 5.76. The fourth-order valence-electron chi connectivity index (χ4n) is 4.45. The van der Waals surface area contributed by atoms with Crippen molar-refractivity contribution in [1.29, 1.82) is 0 Å². The van der Waals surface area contributed by atoms with E-state index in [2.05, 4.69) is 35.1 Å². The molecule has 0 aromatic heterocycles. The smallest absolute Gasteiger partial charge is 0.119 e. The number of ether oxygens (including phenoxy) is 2. The maximum absolute atomic E-state index is 5.76. The molecule has 44 heavy (non-hydrogen) atoms. The minimum absolute atomic E-state index is 0.741. The summed E-state index contributed by atoms with van der Waals surface area (Å²) in [5.41, 5.74) is 5.30. The zero-order valence-corrected chi connectivity index (χ0v) is 25.4. The Labute approximate surface area is 259 Å². The number of hydrogen-bond donors (Lipinski definition) is 0. The van der Waals surface area contributed by atoms with Gasteiger partial charge in [-0.05, 0) is 109 Å². The number of nitrogens with zero attached hydrogens (tertiary/aromatic N) is 4. The molecule has 6 nitrogen and oxygen atoms in total. The highest BCUT2D eigenvalue weighted by Gasteiger charge is 2.05. The molecule has 0 aliphatic heterocycles. The minimum atomic E-state index is 0.741. The van der Waals surface area contributed by atoms with Crippen LogP contribution in [-0.2, 0) is 0 Å². The van der Waals surface area contributed by atoms with Crippen LogP contribution in [0.25, 0.3) is 10.8 Å². The Morgan fingerprint density at radius 2 is 1.00 bits per heavy atom. The molecule has 0 fully saturated rings. The largest absolute Gasteiger partial charge is 0.494 e. The van der Waals surface area contributed by atoms with Gasteiger partial charge in [-0.1, -0.05) is 51.0 Å². The van der Waals surface area contributed by atoms with Crippen LogP contribution in [0.5, 0.6) is 11.5 Å². The summed E-state index contributed by atoms with van der Waals surface area (Å²) >= 11 is 0. The van der Waals surface area contributed by atoms with Crippen LogP contribution in [-0.4, -0.2) is 25.6 Å². The highest BCUT2D eigenvalue weighted by atomic mass is 16.5. The van der Waals surface area contributed by atoms with Gasteiger partial charge < -0.3 is 9.47 Å². The molecule has 5 rings (SSSR count). The third-order valence-electron chi connectivity index (χ3n) is 7.01. The van der Waals surface area contributed by atoms with Crippen molar-refractivity contribution in [2.45, 2.75) is 39.5 Å². The van der Waals surface area contributed by atoms with E-state index in [1.807, 2.05) is 116 Å². The molecule has 6 heteroatoms. The van der Waals surface area contributed by atoms with Gasteiger partial charge in [0, 0.05) is 23.2 Å². The quantitative estimate of drug-likeness (QED) is 0.0742. The van der Waals surface area contributed by atoms with Gasteiger partial charge in [0.2, 0.25) is 0 Å². The summed E-state index contributed by atoms with van der Waals surface area (Å²) in [6.45, 7) is 5.80. The van der Waals surface area contributed by atoms with E-state index in [-0.39, 0.29) is 0 Å². The van der Waals surface area contributed by atoms with E-state index in [0.29, 0.717) is 0 Å². The molecule has 0 saturated heterocycles. The van der Waals surface area contributed by atoms with Gasteiger partial charge in [-0.3, -0.25) is 9.98 Å². The predicted octanol–water partition coefficient (Wildman–Crippen LogP) is 11.1. The van der Waals surface area contributed by atoms with Crippen LogP contribution >= 0.6 is 0 Å². The lowest BCUT2D eigenvalue weighted by Gasteiger charge is -2.06. The Morgan fingerprint density at radius 1 is 0.500 bits per heavy atom. The first-order valence-corrected chi connectivity index (χ1v) is 15.3. The summed E-state index contributed by atoms with van der Waals surface area (Å²) in [5, 5.41) is 11.1. The van der Waals surface area contributed by atoms with E-state index in [4.69, 9.17) is 14.5 Å². The Hall–Kier alpha value is -5.10. The summed E-state index contributed by atoms with van der Waals surface area (Å²) in [4.78, 5) is 9.37. The third kappa shape index (κ3) is 8.71. The van der Waals surface area contributed by atoms with Crippen molar-refractivity contribution in [2.24, 2.45) is 20.2 Å². The first-order valence-electron chi connectivity index (χ1n) is 15.3. The summed E-state index contributed by atoms with van der Waals surface area (Å²) in [7, 11) is 0.